The fourth-order valence-electron chi connectivity index (χ4n) is 4.14. The minimum atomic E-state index is -0.305. The molecule has 2 aliphatic rings. The van der Waals surface area contributed by atoms with Crippen molar-refractivity contribution in [2.45, 2.75) is 26.5 Å². The molecule has 5 rings (SSSR count). The highest BCUT2D eigenvalue weighted by Crippen LogP contribution is 2.27. The summed E-state index contributed by atoms with van der Waals surface area (Å²) < 4.78 is 29.9. The summed E-state index contributed by atoms with van der Waals surface area (Å²) in [6.45, 7) is 5.66. The largest absolute Gasteiger partial charge is 0.473 e. The second-order valence-electron chi connectivity index (χ2n) is 8.17. The zero-order valence-electron chi connectivity index (χ0n) is 18.4. The van der Waals surface area contributed by atoms with Gasteiger partial charge >= 0.3 is 6.03 Å². The first kappa shape index (κ1) is 21.4. The van der Waals surface area contributed by atoms with Crippen molar-refractivity contribution in [2.75, 3.05) is 32.8 Å². The number of fused-ring (bicyclic) bond motifs is 1. The van der Waals surface area contributed by atoms with Gasteiger partial charge in [-0.2, -0.15) is 0 Å². The van der Waals surface area contributed by atoms with Gasteiger partial charge < -0.3 is 23.8 Å². The number of pyridine rings is 1. The fraction of sp³-hybridized carbons (Fsp3) is 0.375. The molecule has 1 saturated heterocycles. The van der Waals surface area contributed by atoms with Crippen LogP contribution in [0.2, 0.25) is 0 Å². The Morgan fingerprint density at radius 3 is 2.67 bits per heavy atom. The molecular weight excluding hydrogens is 427 g/mol. The Morgan fingerprint density at radius 2 is 1.88 bits per heavy atom. The van der Waals surface area contributed by atoms with Gasteiger partial charge in [-0.05, 0) is 36.8 Å². The molecule has 2 aliphatic heterocycles. The summed E-state index contributed by atoms with van der Waals surface area (Å²) in [6.07, 6.45) is 0.676. The third-order valence-corrected chi connectivity index (χ3v) is 6.04. The van der Waals surface area contributed by atoms with Gasteiger partial charge in [-0.3, -0.25) is 0 Å². The number of aromatic nitrogens is 2. The van der Waals surface area contributed by atoms with E-state index in [-0.39, 0.29) is 18.5 Å². The molecule has 33 heavy (non-hydrogen) atoms. The summed E-state index contributed by atoms with van der Waals surface area (Å²) in [7, 11) is 0. The van der Waals surface area contributed by atoms with Gasteiger partial charge in [0.15, 0.2) is 0 Å². The average Bonchev–Trinajstić information content (AvgIpc) is 3.23. The number of amides is 2. The number of halogens is 1. The first-order chi connectivity index (χ1) is 16.1. The number of carbonyl (C=O) groups excluding carboxylic acids is 1. The minimum absolute atomic E-state index is 0.0560. The van der Waals surface area contributed by atoms with Crippen LogP contribution in [-0.2, 0) is 24.3 Å². The molecule has 0 atom stereocenters. The van der Waals surface area contributed by atoms with Crippen molar-refractivity contribution in [3.63, 3.8) is 0 Å². The molecule has 0 radical (unpaired) electrons. The van der Waals surface area contributed by atoms with Crippen LogP contribution in [0.5, 0.6) is 5.88 Å². The third-order valence-electron chi connectivity index (χ3n) is 6.04. The average molecular weight is 452 g/mol. The molecule has 0 N–H and O–H groups in total. The Morgan fingerprint density at radius 1 is 1.09 bits per heavy atom. The Balaban J connectivity index is 1.26. The SMILES string of the molecule is Cc1onc(-c2ccc(F)cc2)c1COc1ccc2c(n1)CCN(C(=O)N1CCOCC1)C2. The van der Waals surface area contributed by atoms with Crippen molar-refractivity contribution < 1.29 is 23.2 Å². The molecule has 172 valence electrons. The van der Waals surface area contributed by atoms with Crippen LogP contribution in [0.4, 0.5) is 9.18 Å². The molecule has 9 heteroatoms. The Hall–Kier alpha value is -3.46. The number of ether oxygens (including phenoxy) is 2. The summed E-state index contributed by atoms with van der Waals surface area (Å²) in [5.41, 5.74) is 4.16. The molecule has 8 nitrogen and oxygen atoms in total. The molecule has 2 amide bonds. The van der Waals surface area contributed by atoms with Crippen LogP contribution in [0.15, 0.2) is 40.9 Å². The summed E-state index contributed by atoms with van der Waals surface area (Å²) >= 11 is 0. The number of rotatable bonds is 4. The third kappa shape index (κ3) is 4.54. The van der Waals surface area contributed by atoms with E-state index in [4.69, 9.17) is 14.0 Å². The highest BCUT2D eigenvalue weighted by Gasteiger charge is 2.27. The molecule has 0 bridgehead atoms. The molecule has 0 unspecified atom stereocenters. The summed E-state index contributed by atoms with van der Waals surface area (Å²) in [5, 5.41) is 4.11. The Labute approximate surface area is 190 Å². The van der Waals surface area contributed by atoms with Gasteiger partial charge in [0.1, 0.15) is 23.9 Å². The van der Waals surface area contributed by atoms with E-state index >= 15 is 0 Å². The van der Waals surface area contributed by atoms with Crippen LogP contribution >= 0.6 is 0 Å². The lowest BCUT2D eigenvalue weighted by Gasteiger charge is -2.35. The maximum atomic E-state index is 13.3. The van der Waals surface area contributed by atoms with E-state index in [2.05, 4.69) is 10.1 Å². The number of morpholine rings is 1. The maximum Gasteiger partial charge on any atom is 0.320 e. The number of benzene rings is 1. The highest BCUT2D eigenvalue weighted by atomic mass is 19.1. The predicted molar refractivity (Wildman–Crippen MR) is 117 cm³/mol. The number of carbonyl (C=O) groups is 1. The van der Waals surface area contributed by atoms with Gasteiger partial charge in [-0.15, -0.1) is 0 Å². The lowest BCUT2D eigenvalue weighted by atomic mass is 10.1. The van der Waals surface area contributed by atoms with Gasteiger partial charge in [0.05, 0.1) is 24.5 Å². The minimum Gasteiger partial charge on any atom is -0.473 e. The zero-order chi connectivity index (χ0) is 22.8. The van der Waals surface area contributed by atoms with Crippen molar-refractivity contribution >= 4 is 6.03 Å². The van der Waals surface area contributed by atoms with E-state index in [1.165, 1.54) is 12.1 Å². The number of hydrogen-bond acceptors (Lipinski definition) is 6. The maximum absolute atomic E-state index is 13.3. The van der Waals surface area contributed by atoms with Crippen molar-refractivity contribution in [3.05, 3.63) is 64.8 Å². The summed E-state index contributed by atoms with van der Waals surface area (Å²) in [6, 6.07) is 9.96. The molecule has 3 aromatic rings. The van der Waals surface area contributed by atoms with E-state index in [1.54, 1.807) is 12.1 Å². The van der Waals surface area contributed by atoms with E-state index in [0.29, 0.717) is 63.1 Å². The van der Waals surface area contributed by atoms with Crippen LogP contribution in [0.1, 0.15) is 22.6 Å². The van der Waals surface area contributed by atoms with Crippen LogP contribution in [0, 0.1) is 12.7 Å². The van der Waals surface area contributed by atoms with Crippen LogP contribution in [0.3, 0.4) is 0 Å². The molecule has 1 aromatic carbocycles. The second kappa shape index (κ2) is 9.19. The van der Waals surface area contributed by atoms with Crippen LogP contribution in [0.25, 0.3) is 11.3 Å². The highest BCUT2D eigenvalue weighted by molar-refractivity contribution is 5.75. The smallest absolute Gasteiger partial charge is 0.320 e. The Bertz CT molecular complexity index is 1140. The first-order valence-corrected chi connectivity index (χ1v) is 11.0. The van der Waals surface area contributed by atoms with Crippen LogP contribution in [-0.4, -0.2) is 58.8 Å². The topological polar surface area (TPSA) is 80.9 Å². The van der Waals surface area contributed by atoms with E-state index in [1.807, 2.05) is 28.9 Å². The van der Waals surface area contributed by atoms with Gasteiger partial charge in [0, 0.05) is 44.2 Å². The summed E-state index contributed by atoms with van der Waals surface area (Å²) in [4.78, 5) is 21.2. The first-order valence-electron chi connectivity index (χ1n) is 11.0. The molecular formula is C24H25FN4O4. The van der Waals surface area contributed by atoms with Gasteiger partial charge in [0.25, 0.3) is 0 Å². The zero-order valence-corrected chi connectivity index (χ0v) is 18.4. The molecule has 4 heterocycles. The van der Waals surface area contributed by atoms with Crippen LogP contribution < -0.4 is 4.74 Å². The van der Waals surface area contributed by atoms with Gasteiger partial charge in [-0.1, -0.05) is 11.2 Å². The lowest BCUT2D eigenvalue weighted by Crippen LogP contribution is -2.49. The Kier molecular flexibility index (Phi) is 5.95. The van der Waals surface area contributed by atoms with E-state index < -0.39 is 0 Å². The van der Waals surface area contributed by atoms with Crippen molar-refractivity contribution in [1.29, 1.82) is 0 Å². The fourth-order valence-corrected chi connectivity index (χ4v) is 4.14. The van der Waals surface area contributed by atoms with Crippen molar-refractivity contribution in [1.82, 2.24) is 19.9 Å². The number of nitrogens with zero attached hydrogens (tertiary/aromatic N) is 4. The van der Waals surface area contributed by atoms with Crippen molar-refractivity contribution in [3.8, 4) is 17.1 Å². The lowest BCUT2D eigenvalue weighted by molar-refractivity contribution is 0.0421. The number of aryl methyl sites for hydroxylation is 1. The summed E-state index contributed by atoms with van der Waals surface area (Å²) in [5.74, 6) is 0.845. The molecule has 0 aliphatic carbocycles. The predicted octanol–water partition coefficient (Wildman–Crippen LogP) is 3.57. The second-order valence-corrected chi connectivity index (χ2v) is 8.17. The van der Waals surface area contributed by atoms with Gasteiger partial charge in [-0.25, -0.2) is 14.2 Å². The molecule has 1 fully saturated rings. The number of urea groups is 1. The standard InChI is InChI=1S/C24H25FN4O4/c1-16-20(23(27-33-16)17-2-5-19(25)6-3-17)15-32-22-7-4-18-14-29(9-8-21(18)26-22)24(30)28-10-12-31-13-11-28/h2-7H,8-15H2,1H3. The monoisotopic (exact) mass is 452 g/mol. The van der Waals surface area contributed by atoms with Gasteiger partial charge in [0.2, 0.25) is 5.88 Å². The molecule has 0 saturated carbocycles. The van der Waals surface area contributed by atoms with E-state index in [0.717, 1.165) is 22.4 Å². The molecule has 0 spiro atoms. The quantitative estimate of drug-likeness (QED) is 0.602. The van der Waals surface area contributed by atoms with Crippen molar-refractivity contribution in [2.24, 2.45) is 0 Å². The number of hydrogen-bond donors (Lipinski definition) is 0. The van der Waals surface area contributed by atoms with E-state index in [9.17, 15) is 9.18 Å². The normalized spacial score (nSPS) is 15.9. The molecule has 2 aromatic heterocycles.